The highest BCUT2D eigenvalue weighted by atomic mass is 16.5. The summed E-state index contributed by atoms with van der Waals surface area (Å²) in [4.78, 5) is 11.2. The van der Waals surface area contributed by atoms with Crippen LogP contribution < -0.4 is 0 Å². The van der Waals surface area contributed by atoms with E-state index in [-0.39, 0.29) is 11.9 Å². The number of hydrogen-bond acceptors (Lipinski definition) is 4. The molecule has 1 fully saturated rings. The Hall–Kier alpha value is -0.930. The summed E-state index contributed by atoms with van der Waals surface area (Å²) in [6.07, 6.45) is 0.705. The number of azo groups is 1. The molecule has 2 aliphatic rings. The van der Waals surface area contributed by atoms with Crippen molar-refractivity contribution in [1.29, 1.82) is 0 Å². The summed E-state index contributed by atoms with van der Waals surface area (Å²) < 4.78 is 4.87. The third-order valence-electron chi connectivity index (χ3n) is 2.49. The molecule has 2 aliphatic heterocycles. The van der Waals surface area contributed by atoms with Crippen LogP contribution in [-0.4, -0.2) is 24.7 Å². The second-order valence-electron chi connectivity index (χ2n) is 3.14. The summed E-state index contributed by atoms with van der Waals surface area (Å²) >= 11 is 0. The first kappa shape index (κ1) is 6.76. The average Bonchev–Trinajstić information content (AvgIpc) is 2.48. The van der Waals surface area contributed by atoms with Gasteiger partial charge in [-0.25, -0.2) is 4.79 Å². The van der Waals surface area contributed by atoms with Gasteiger partial charge in [-0.1, -0.05) is 6.92 Å². The number of hydrogen-bond donors (Lipinski definition) is 0. The summed E-state index contributed by atoms with van der Waals surface area (Å²) in [5.74, 6) is 0.0312. The summed E-state index contributed by atoms with van der Waals surface area (Å²) in [5.41, 5.74) is -0.597. The maximum Gasteiger partial charge on any atom is 0.336 e. The van der Waals surface area contributed by atoms with Gasteiger partial charge < -0.3 is 4.74 Å². The molecule has 11 heavy (non-hydrogen) atoms. The van der Waals surface area contributed by atoms with E-state index in [0.717, 1.165) is 0 Å². The monoisotopic (exact) mass is 154 g/mol. The van der Waals surface area contributed by atoms with Gasteiger partial charge in [0.05, 0.1) is 13.2 Å². The van der Waals surface area contributed by atoms with Gasteiger partial charge >= 0.3 is 5.97 Å². The van der Waals surface area contributed by atoms with Gasteiger partial charge in [0.2, 0.25) is 0 Å². The average molecular weight is 154 g/mol. The molecule has 1 unspecified atom stereocenters. The van der Waals surface area contributed by atoms with Crippen molar-refractivity contribution in [1.82, 2.24) is 0 Å². The van der Waals surface area contributed by atoms with Crippen LogP contribution >= 0.6 is 0 Å². The van der Waals surface area contributed by atoms with Crippen LogP contribution in [0.5, 0.6) is 0 Å². The molecule has 4 heteroatoms. The summed E-state index contributed by atoms with van der Waals surface area (Å²) in [5, 5.41) is 7.85. The highest BCUT2D eigenvalue weighted by molar-refractivity contribution is 5.83. The van der Waals surface area contributed by atoms with Gasteiger partial charge in [0, 0.05) is 12.3 Å². The Bertz CT molecular complexity index is 226. The SMILES string of the molecule is C[C@H]1CN=NC12CCOC2=O. The molecule has 2 rings (SSSR count). The van der Waals surface area contributed by atoms with E-state index in [0.29, 0.717) is 19.6 Å². The number of cyclic esters (lactones) is 1. The summed E-state index contributed by atoms with van der Waals surface area (Å²) in [6.45, 7) is 3.16. The van der Waals surface area contributed by atoms with Gasteiger partial charge in [-0.3, -0.25) is 0 Å². The van der Waals surface area contributed by atoms with Crippen molar-refractivity contribution >= 4 is 5.97 Å². The Morgan fingerprint density at radius 1 is 1.73 bits per heavy atom. The molecule has 0 aromatic heterocycles. The number of carbonyl (C=O) groups excluding carboxylic acids is 1. The highest BCUT2D eigenvalue weighted by Crippen LogP contribution is 2.36. The van der Waals surface area contributed by atoms with Crippen LogP contribution in [0.1, 0.15) is 13.3 Å². The normalized spacial score (nSPS) is 41.9. The van der Waals surface area contributed by atoms with Crippen molar-refractivity contribution in [2.75, 3.05) is 13.2 Å². The van der Waals surface area contributed by atoms with Gasteiger partial charge in [0.1, 0.15) is 0 Å². The smallest absolute Gasteiger partial charge is 0.336 e. The molecule has 0 radical (unpaired) electrons. The highest BCUT2D eigenvalue weighted by Gasteiger charge is 2.51. The molecule has 60 valence electrons. The van der Waals surface area contributed by atoms with Crippen LogP contribution in [0.2, 0.25) is 0 Å². The molecule has 0 saturated carbocycles. The Morgan fingerprint density at radius 3 is 3.00 bits per heavy atom. The van der Waals surface area contributed by atoms with Crippen molar-refractivity contribution < 1.29 is 9.53 Å². The van der Waals surface area contributed by atoms with E-state index in [4.69, 9.17) is 4.74 Å². The minimum absolute atomic E-state index is 0.189. The van der Waals surface area contributed by atoms with Crippen LogP contribution in [0.25, 0.3) is 0 Å². The fourth-order valence-electron chi connectivity index (χ4n) is 1.60. The topological polar surface area (TPSA) is 51.0 Å². The van der Waals surface area contributed by atoms with Gasteiger partial charge in [-0.15, -0.1) is 0 Å². The van der Waals surface area contributed by atoms with Crippen molar-refractivity contribution in [2.24, 2.45) is 16.1 Å². The molecule has 2 atom stereocenters. The molecule has 0 aromatic rings. The predicted molar refractivity (Wildman–Crippen MR) is 37.2 cm³/mol. The molecule has 0 bridgehead atoms. The van der Waals surface area contributed by atoms with Crippen molar-refractivity contribution in [2.45, 2.75) is 18.9 Å². The lowest BCUT2D eigenvalue weighted by atomic mass is 9.86. The van der Waals surface area contributed by atoms with Gasteiger partial charge in [-0.2, -0.15) is 10.2 Å². The molecule has 0 aromatic carbocycles. The number of carbonyl (C=O) groups is 1. The van der Waals surface area contributed by atoms with E-state index in [2.05, 4.69) is 10.2 Å². The summed E-state index contributed by atoms with van der Waals surface area (Å²) in [6, 6.07) is 0. The largest absolute Gasteiger partial charge is 0.464 e. The van der Waals surface area contributed by atoms with Gasteiger partial charge in [0.25, 0.3) is 0 Å². The third-order valence-corrected chi connectivity index (χ3v) is 2.49. The number of rotatable bonds is 0. The van der Waals surface area contributed by atoms with E-state index < -0.39 is 5.54 Å². The molecular weight excluding hydrogens is 144 g/mol. The van der Waals surface area contributed by atoms with E-state index in [1.807, 2.05) is 6.92 Å². The molecule has 0 amide bonds. The van der Waals surface area contributed by atoms with Crippen LogP contribution in [-0.2, 0) is 9.53 Å². The first-order valence-corrected chi connectivity index (χ1v) is 3.81. The Balaban J connectivity index is 2.33. The minimum Gasteiger partial charge on any atom is -0.464 e. The lowest BCUT2D eigenvalue weighted by Gasteiger charge is -2.17. The zero-order valence-corrected chi connectivity index (χ0v) is 6.41. The Labute approximate surface area is 64.6 Å². The van der Waals surface area contributed by atoms with Gasteiger partial charge in [0.15, 0.2) is 5.54 Å². The molecule has 2 heterocycles. The molecular formula is C7H10N2O2. The van der Waals surface area contributed by atoms with E-state index in [9.17, 15) is 4.79 Å². The molecule has 1 spiro atoms. The summed E-state index contributed by atoms with van der Waals surface area (Å²) in [7, 11) is 0. The van der Waals surface area contributed by atoms with Crippen LogP contribution in [0, 0.1) is 5.92 Å². The van der Waals surface area contributed by atoms with E-state index in [1.54, 1.807) is 0 Å². The zero-order valence-electron chi connectivity index (χ0n) is 6.41. The molecule has 4 nitrogen and oxygen atoms in total. The molecule has 0 aliphatic carbocycles. The minimum atomic E-state index is -0.597. The maximum absolute atomic E-state index is 11.2. The Morgan fingerprint density at radius 2 is 2.55 bits per heavy atom. The predicted octanol–water partition coefficient (Wildman–Crippen LogP) is 0.774. The second kappa shape index (κ2) is 2.03. The van der Waals surface area contributed by atoms with Crippen molar-refractivity contribution in [3.8, 4) is 0 Å². The second-order valence-corrected chi connectivity index (χ2v) is 3.14. The van der Waals surface area contributed by atoms with E-state index >= 15 is 0 Å². The number of esters is 1. The fraction of sp³-hybridized carbons (Fsp3) is 0.857. The van der Waals surface area contributed by atoms with Crippen LogP contribution in [0.3, 0.4) is 0 Å². The first-order valence-electron chi connectivity index (χ1n) is 3.81. The first-order chi connectivity index (χ1) is 5.26. The molecule has 0 N–H and O–H groups in total. The standard InChI is InChI=1S/C7H10N2O2/c1-5-4-8-9-7(5)2-3-11-6(7)10/h5H,2-4H2,1H3/t5-,7?/m0/s1. The molecule has 1 saturated heterocycles. The van der Waals surface area contributed by atoms with Gasteiger partial charge in [-0.05, 0) is 0 Å². The van der Waals surface area contributed by atoms with Crippen LogP contribution in [0.4, 0.5) is 0 Å². The van der Waals surface area contributed by atoms with Crippen molar-refractivity contribution in [3.05, 3.63) is 0 Å². The number of nitrogens with zero attached hydrogens (tertiary/aromatic N) is 2. The third kappa shape index (κ3) is 0.721. The van der Waals surface area contributed by atoms with Crippen LogP contribution in [0.15, 0.2) is 10.2 Å². The quantitative estimate of drug-likeness (QED) is 0.484. The number of ether oxygens (including phenoxy) is 1. The Kier molecular flexibility index (Phi) is 1.25. The zero-order chi connectivity index (χ0) is 7.90. The lowest BCUT2D eigenvalue weighted by Crippen LogP contribution is -2.37. The fourth-order valence-corrected chi connectivity index (χ4v) is 1.60. The van der Waals surface area contributed by atoms with E-state index in [1.165, 1.54) is 0 Å². The maximum atomic E-state index is 11.2. The van der Waals surface area contributed by atoms with Crippen molar-refractivity contribution in [3.63, 3.8) is 0 Å². The lowest BCUT2D eigenvalue weighted by molar-refractivity contribution is -0.143.